The van der Waals surface area contributed by atoms with Gasteiger partial charge in [0.2, 0.25) is 0 Å². The smallest absolute Gasteiger partial charge is 0.313 e. The molecule has 0 spiro atoms. The Labute approximate surface area is 179 Å². The second-order valence-electron chi connectivity index (χ2n) is 8.24. The molecule has 152 valence electrons. The van der Waals surface area contributed by atoms with Crippen molar-refractivity contribution < 1.29 is 4.79 Å². The van der Waals surface area contributed by atoms with Gasteiger partial charge in [0.1, 0.15) is 0 Å². The number of amides is 2. The molecule has 0 saturated carbocycles. The highest BCUT2D eigenvalue weighted by Crippen LogP contribution is 2.37. The number of para-hydroxylation sites is 1. The first-order chi connectivity index (χ1) is 14.6. The van der Waals surface area contributed by atoms with Crippen molar-refractivity contribution in [3.8, 4) is 0 Å². The summed E-state index contributed by atoms with van der Waals surface area (Å²) in [5.41, 5.74) is 5.42. The SMILES string of the molecule is CC(C)CC1/C(=C\c2ccccc2)c2ccccc2NC(=O)N1Cc1ccccc1. The van der Waals surface area contributed by atoms with Crippen LogP contribution in [-0.2, 0) is 6.54 Å². The van der Waals surface area contributed by atoms with Crippen LogP contribution in [0.5, 0.6) is 0 Å². The fourth-order valence-electron chi connectivity index (χ4n) is 4.09. The molecule has 0 saturated heterocycles. The van der Waals surface area contributed by atoms with Crippen molar-refractivity contribution in [2.45, 2.75) is 32.9 Å². The van der Waals surface area contributed by atoms with Crippen LogP contribution < -0.4 is 5.32 Å². The van der Waals surface area contributed by atoms with E-state index < -0.39 is 0 Å². The Kier molecular flexibility index (Phi) is 5.99. The zero-order valence-corrected chi connectivity index (χ0v) is 17.6. The second kappa shape index (κ2) is 9.00. The lowest BCUT2D eigenvalue weighted by molar-refractivity contribution is 0.192. The van der Waals surface area contributed by atoms with Gasteiger partial charge in [-0.1, -0.05) is 92.7 Å². The predicted octanol–water partition coefficient (Wildman–Crippen LogP) is 6.69. The Hall–Kier alpha value is -3.33. The number of hydrogen-bond donors (Lipinski definition) is 1. The maximum atomic E-state index is 13.4. The normalized spacial score (nSPS) is 17.6. The lowest BCUT2D eigenvalue weighted by atomic mass is 9.89. The van der Waals surface area contributed by atoms with Crippen LogP contribution in [0.1, 0.15) is 37.0 Å². The third kappa shape index (κ3) is 4.46. The quantitative estimate of drug-likeness (QED) is 0.512. The highest BCUT2D eigenvalue weighted by atomic mass is 16.2. The van der Waals surface area contributed by atoms with Gasteiger partial charge in [-0.2, -0.15) is 0 Å². The van der Waals surface area contributed by atoms with Crippen molar-refractivity contribution in [2.24, 2.45) is 5.92 Å². The Morgan fingerprint density at radius 3 is 2.23 bits per heavy atom. The highest BCUT2D eigenvalue weighted by Gasteiger charge is 2.33. The van der Waals surface area contributed by atoms with Crippen molar-refractivity contribution in [1.82, 2.24) is 4.90 Å². The van der Waals surface area contributed by atoms with Crippen molar-refractivity contribution in [3.05, 3.63) is 102 Å². The van der Waals surface area contributed by atoms with E-state index in [0.717, 1.165) is 28.8 Å². The van der Waals surface area contributed by atoms with E-state index in [1.807, 2.05) is 47.4 Å². The molecule has 3 heteroatoms. The molecule has 1 aliphatic rings. The molecule has 0 bridgehead atoms. The molecule has 1 heterocycles. The average molecular weight is 397 g/mol. The molecular formula is C27H28N2O. The van der Waals surface area contributed by atoms with Crippen molar-refractivity contribution in [2.75, 3.05) is 5.32 Å². The van der Waals surface area contributed by atoms with E-state index in [1.165, 1.54) is 5.57 Å². The zero-order valence-electron chi connectivity index (χ0n) is 17.6. The van der Waals surface area contributed by atoms with Crippen molar-refractivity contribution in [1.29, 1.82) is 0 Å². The van der Waals surface area contributed by atoms with Gasteiger partial charge in [-0.05, 0) is 41.2 Å². The molecule has 1 aliphatic heterocycles. The van der Waals surface area contributed by atoms with Gasteiger partial charge in [-0.25, -0.2) is 4.79 Å². The van der Waals surface area contributed by atoms with Gasteiger partial charge in [0.25, 0.3) is 0 Å². The third-order valence-corrected chi connectivity index (χ3v) is 5.49. The number of urea groups is 1. The zero-order chi connectivity index (χ0) is 20.9. The van der Waals surface area contributed by atoms with Gasteiger partial charge < -0.3 is 10.2 Å². The number of nitrogens with one attached hydrogen (secondary N) is 1. The topological polar surface area (TPSA) is 32.3 Å². The second-order valence-corrected chi connectivity index (χ2v) is 8.24. The number of rotatable bonds is 5. The Morgan fingerprint density at radius 1 is 0.900 bits per heavy atom. The molecule has 30 heavy (non-hydrogen) atoms. The molecular weight excluding hydrogens is 368 g/mol. The van der Waals surface area contributed by atoms with Gasteiger partial charge in [0.15, 0.2) is 0 Å². The number of hydrogen-bond acceptors (Lipinski definition) is 1. The van der Waals surface area contributed by atoms with Crippen LogP contribution in [0.4, 0.5) is 10.5 Å². The van der Waals surface area contributed by atoms with E-state index in [2.05, 4.69) is 67.7 Å². The molecule has 1 atom stereocenters. The van der Waals surface area contributed by atoms with Gasteiger partial charge in [-0.3, -0.25) is 0 Å². The van der Waals surface area contributed by atoms with E-state index in [4.69, 9.17) is 0 Å². The predicted molar refractivity (Wildman–Crippen MR) is 125 cm³/mol. The lowest BCUT2D eigenvalue weighted by Crippen LogP contribution is -2.42. The summed E-state index contributed by atoms with van der Waals surface area (Å²) >= 11 is 0. The standard InChI is InChI=1S/C27H28N2O/c1-20(2)17-26-24(18-21-11-5-3-6-12-21)23-15-9-10-16-25(23)28-27(30)29(26)19-22-13-7-4-8-14-22/h3-16,18,20,26H,17,19H2,1-2H3,(H,28,30)/b24-18-. The first kappa shape index (κ1) is 20.0. The fourth-order valence-corrected chi connectivity index (χ4v) is 4.09. The van der Waals surface area contributed by atoms with Crippen LogP contribution in [0.25, 0.3) is 11.6 Å². The minimum atomic E-state index is -0.0478. The van der Waals surface area contributed by atoms with Crippen molar-refractivity contribution >= 4 is 23.4 Å². The van der Waals surface area contributed by atoms with Crippen LogP contribution in [0.2, 0.25) is 0 Å². The Balaban J connectivity index is 1.85. The van der Waals surface area contributed by atoms with Gasteiger partial charge in [-0.15, -0.1) is 0 Å². The summed E-state index contributed by atoms with van der Waals surface area (Å²) in [6.45, 7) is 5.01. The van der Waals surface area contributed by atoms with Crippen LogP contribution in [0, 0.1) is 5.92 Å². The van der Waals surface area contributed by atoms with E-state index >= 15 is 0 Å². The van der Waals surface area contributed by atoms with E-state index in [9.17, 15) is 4.79 Å². The third-order valence-electron chi connectivity index (χ3n) is 5.49. The summed E-state index contributed by atoms with van der Waals surface area (Å²) in [5.74, 6) is 0.450. The summed E-state index contributed by atoms with van der Waals surface area (Å²) in [7, 11) is 0. The highest BCUT2D eigenvalue weighted by molar-refractivity contribution is 6.00. The van der Waals surface area contributed by atoms with Crippen LogP contribution in [0.3, 0.4) is 0 Å². The van der Waals surface area contributed by atoms with E-state index in [-0.39, 0.29) is 12.1 Å². The summed E-state index contributed by atoms with van der Waals surface area (Å²) in [6, 6.07) is 28.6. The van der Waals surface area contributed by atoms with Crippen LogP contribution in [0.15, 0.2) is 84.9 Å². The molecule has 1 unspecified atom stereocenters. The Bertz CT molecular complexity index is 1020. The Morgan fingerprint density at radius 2 is 1.53 bits per heavy atom. The number of nitrogens with zero attached hydrogens (tertiary/aromatic N) is 1. The molecule has 4 rings (SSSR count). The number of benzene rings is 3. The molecule has 0 aliphatic carbocycles. The van der Waals surface area contributed by atoms with E-state index in [1.54, 1.807) is 0 Å². The summed E-state index contributed by atoms with van der Waals surface area (Å²) in [5, 5.41) is 3.16. The van der Waals surface area contributed by atoms with Gasteiger partial charge in [0.05, 0.1) is 6.04 Å². The van der Waals surface area contributed by atoms with Crippen LogP contribution >= 0.6 is 0 Å². The fraction of sp³-hybridized carbons (Fsp3) is 0.222. The minimum absolute atomic E-state index is 0.0194. The molecule has 0 fully saturated rings. The largest absolute Gasteiger partial charge is 0.322 e. The first-order valence-corrected chi connectivity index (χ1v) is 10.6. The maximum absolute atomic E-state index is 13.4. The van der Waals surface area contributed by atoms with Crippen molar-refractivity contribution in [3.63, 3.8) is 0 Å². The maximum Gasteiger partial charge on any atom is 0.322 e. The van der Waals surface area contributed by atoms with Gasteiger partial charge in [0, 0.05) is 17.8 Å². The number of fused-ring (bicyclic) bond motifs is 1. The summed E-state index contributed by atoms with van der Waals surface area (Å²) in [6.07, 6.45) is 3.14. The number of carbonyl (C=O) groups is 1. The molecule has 3 aromatic carbocycles. The van der Waals surface area contributed by atoms with E-state index in [0.29, 0.717) is 12.5 Å². The van der Waals surface area contributed by atoms with Gasteiger partial charge >= 0.3 is 6.03 Å². The molecule has 1 N–H and O–H groups in total. The average Bonchev–Trinajstić information content (AvgIpc) is 2.85. The molecule has 0 aromatic heterocycles. The lowest BCUT2D eigenvalue weighted by Gasteiger charge is -2.33. The number of carbonyl (C=O) groups excluding carboxylic acids is 1. The molecule has 2 amide bonds. The number of anilines is 1. The first-order valence-electron chi connectivity index (χ1n) is 10.6. The minimum Gasteiger partial charge on any atom is -0.313 e. The molecule has 3 nitrogen and oxygen atoms in total. The molecule has 3 aromatic rings. The molecule has 0 radical (unpaired) electrons. The summed E-state index contributed by atoms with van der Waals surface area (Å²) in [4.78, 5) is 15.3. The monoisotopic (exact) mass is 396 g/mol. The summed E-state index contributed by atoms with van der Waals surface area (Å²) < 4.78 is 0. The van der Waals surface area contributed by atoms with Crippen LogP contribution in [-0.4, -0.2) is 17.0 Å².